The van der Waals surface area contributed by atoms with E-state index >= 15 is 0 Å². The Morgan fingerprint density at radius 2 is 2.00 bits per heavy atom. The molecule has 1 saturated carbocycles. The molecule has 2 heterocycles. The molecule has 2 aromatic rings. The number of nitrogens with one attached hydrogen (secondary N) is 1. The highest BCUT2D eigenvalue weighted by Gasteiger charge is 2.27. The number of aryl methyl sites for hydroxylation is 1. The van der Waals surface area contributed by atoms with Gasteiger partial charge in [0.15, 0.2) is 5.58 Å². The number of nitrogens with zero attached hydrogens (tertiary/aromatic N) is 3. The first-order valence-electron chi connectivity index (χ1n) is 11.9. The molecule has 0 bridgehead atoms. The number of nitriles is 1. The van der Waals surface area contributed by atoms with Gasteiger partial charge in [0.2, 0.25) is 5.91 Å². The molecule has 2 aliphatic rings. The van der Waals surface area contributed by atoms with E-state index in [-0.39, 0.29) is 5.91 Å². The van der Waals surface area contributed by atoms with Gasteiger partial charge in [-0.3, -0.25) is 4.79 Å². The van der Waals surface area contributed by atoms with Crippen molar-refractivity contribution < 1.29 is 9.32 Å². The van der Waals surface area contributed by atoms with Crippen LogP contribution in [0, 0.1) is 24.2 Å². The SMILES string of the molecule is Cc1ccc2c(C3CCN(CCC4CCC(NC(=O)CCC#N)CC4)CC3)noc2c1. The standard InChI is InChI=1S/C25H34N4O2/c1-18-4-9-22-23(17-18)31-28-25(22)20-11-15-29(16-12-20)14-10-19-5-7-21(8-6-19)27-24(30)3-2-13-26/h4,9,17,19-21H,2-3,5-8,10-12,14-16H2,1H3,(H,27,30). The van der Waals surface area contributed by atoms with Crippen LogP contribution in [0.2, 0.25) is 0 Å². The second-order valence-electron chi connectivity index (χ2n) is 9.42. The van der Waals surface area contributed by atoms with Gasteiger partial charge in [-0.25, -0.2) is 0 Å². The van der Waals surface area contributed by atoms with Crippen molar-refractivity contribution in [3.05, 3.63) is 29.5 Å². The third kappa shape index (κ3) is 5.65. The number of benzene rings is 1. The Morgan fingerprint density at radius 1 is 1.23 bits per heavy atom. The zero-order valence-electron chi connectivity index (χ0n) is 18.6. The summed E-state index contributed by atoms with van der Waals surface area (Å²) in [4.78, 5) is 14.4. The number of likely N-dealkylation sites (tertiary alicyclic amines) is 1. The number of fused-ring (bicyclic) bond motifs is 1. The summed E-state index contributed by atoms with van der Waals surface area (Å²) in [5, 5.41) is 17.3. The topological polar surface area (TPSA) is 82.2 Å². The van der Waals surface area contributed by atoms with E-state index in [0.717, 1.165) is 56.0 Å². The molecule has 6 heteroatoms. The van der Waals surface area contributed by atoms with Gasteiger partial charge in [-0.15, -0.1) is 0 Å². The van der Waals surface area contributed by atoms with E-state index in [1.165, 1.54) is 36.8 Å². The zero-order chi connectivity index (χ0) is 21.6. The molecule has 1 aliphatic heterocycles. The number of amides is 1. The van der Waals surface area contributed by atoms with Crippen molar-refractivity contribution in [3.63, 3.8) is 0 Å². The number of carbonyl (C=O) groups is 1. The van der Waals surface area contributed by atoms with E-state index in [1.54, 1.807) is 0 Å². The quantitative estimate of drug-likeness (QED) is 0.700. The van der Waals surface area contributed by atoms with Crippen LogP contribution in [0.5, 0.6) is 0 Å². The van der Waals surface area contributed by atoms with Crippen LogP contribution in [0.15, 0.2) is 22.7 Å². The fourth-order valence-electron chi connectivity index (χ4n) is 5.22. The predicted octanol–water partition coefficient (Wildman–Crippen LogP) is 4.68. The molecule has 1 N–H and O–H groups in total. The summed E-state index contributed by atoms with van der Waals surface area (Å²) in [7, 11) is 0. The molecule has 0 unspecified atom stereocenters. The minimum atomic E-state index is 0.0305. The van der Waals surface area contributed by atoms with Crippen LogP contribution in [-0.2, 0) is 4.79 Å². The van der Waals surface area contributed by atoms with Crippen LogP contribution in [0.25, 0.3) is 11.0 Å². The van der Waals surface area contributed by atoms with Gasteiger partial charge in [0, 0.05) is 30.2 Å². The van der Waals surface area contributed by atoms with E-state index in [0.29, 0.717) is 24.8 Å². The Balaban J connectivity index is 1.17. The first-order valence-corrected chi connectivity index (χ1v) is 11.9. The molecule has 1 aromatic carbocycles. The third-order valence-corrected chi connectivity index (χ3v) is 7.16. The third-order valence-electron chi connectivity index (χ3n) is 7.16. The monoisotopic (exact) mass is 422 g/mol. The highest BCUT2D eigenvalue weighted by molar-refractivity contribution is 5.80. The molecule has 2 fully saturated rings. The summed E-state index contributed by atoms with van der Waals surface area (Å²) in [6.07, 6.45) is 8.74. The molecule has 166 valence electrons. The Hall–Kier alpha value is -2.39. The van der Waals surface area contributed by atoms with Crippen LogP contribution in [0.4, 0.5) is 0 Å². The number of aromatic nitrogens is 1. The first-order chi connectivity index (χ1) is 15.1. The molecule has 31 heavy (non-hydrogen) atoms. The number of carbonyl (C=O) groups excluding carboxylic acids is 1. The van der Waals surface area contributed by atoms with Crippen LogP contribution in [-0.4, -0.2) is 41.6 Å². The van der Waals surface area contributed by atoms with Crippen LogP contribution in [0.3, 0.4) is 0 Å². The lowest BCUT2D eigenvalue weighted by atomic mass is 9.83. The summed E-state index contributed by atoms with van der Waals surface area (Å²) in [5.74, 6) is 1.30. The van der Waals surface area contributed by atoms with Crippen molar-refractivity contribution in [3.8, 4) is 6.07 Å². The summed E-state index contributed by atoms with van der Waals surface area (Å²) < 4.78 is 5.58. The molecule has 0 spiro atoms. The van der Waals surface area contributed by atoms with Crippen molar-refractivity contribution in [1.29, 1.82) is 5.26 Å². The van der Waals surface area contributed by atoms with Gasteiger partial charge >= 0.3 is 0 Å². The average molecular weight is 423 g/mol. The first kappa shape index (κ1) is 21.8. The lowest BCUT2D eigenvalue weighted by Crippen LogP contribution is -2.38. The fraction of sp³-hybridized carbons (Fsp3) is 0.640. The van der Waals surface area contributed by atoms with Gasteiger partial charge in [0.1, 0.15) is 0 Å². The Kier molecular flexibility index (Phi) is 7.24. The molecule has 4 rings (SSSR count). The summed E-state index contributed by atoms with van der Waals surface area (Å²) in [5.41, 5.74) is 3.26. The van der Waals surface area contributed by atoms with Crippen molar-refractivity contribution in [2.75, 3.05) is 19.6 Å². The molecule has 0 atom stereocenters. The van der Waals surface area contributed by atoms with Crippen molar-refractivity contribution in [2.45, 2.75) is 76.7 Å². The minimum Gasteiger partial charge on any atom is -0.356 e. The molecule has 1 aliphatic carbocycles. The van der Waals surface area contributed by atoms with Crippen molar-refractivity contribution in [2.24, 2.45) is 5.92 Å². The summed E-state index contributed by atoms with van der Waals surface area (Å²) in [6.45, 7) is 5.53. The average Bonchev–Trinajstić information content (AvgIpc) is 3.20. The normalized spacial score (nSPS) is 23.0. The van der Waals surface area contributed by atoms with Gasteiger partial charge in [-0.2, -0.15) is 5.26 Å². The lowest BCUT2D eigenvalue weighted by molar-refractivity contribution is -0.122. The number of piperidine rings is 1. The maximum atomic E-state index is 11.8. The lowest BCUT2D eigenvalue weighted by Gasteiger charge is -2.34. The van der Waals surface area contributed by atoms with Crippen LogP contribution >= 0.6 is 0 Å². The molecule has 0 radical (unpaired) electrons. The van der Waals surface area contributed by atoms with Crippen LogP contribution < -0.4 is 5.32 Å². The van der Waals surface area contributed by atoms with Crippen molar-refractivity contribution >= 4 is 16.9 Å². The Bertz CT molecular complexity index is 915. The summed E-state index contributed by atoms with van der Waals surface area (Å²) >= 11 is 0. The summed E-state index contributed by atoms with van der Waals surface area (Å²) in [6, 6.07) is 8.72. The zero-order valence-corrected chi connectivity index (χ0v) is 18.6. The fourth-order valence-corrected chi connectivity index (χ4v) is 5.22. The number of hydrogen-bond donors (Lipinski definition) is 1. The van der Waals surface area contributed by atoms with Gasteiger partial charge < -0.3 is 14.7 Å². The van der Waals surface area contributed by atoms with Gasteiger partial charge in [-0.1, -0.05) is 11.2 Å². The minimum absolute atomic E-state index is 0.0305. The van der Waals surface area contributed by atoms with Gasteiger partial charge in [-0.05, 0) is 95.1 Å². The second-order valence-corrected chi connectivity index (χ2v) is 9.42. The van der Waals surface area contributed by atoms with E-state index < -0.39 is 0 Å². The van der Waals surface area contributed by atoms with E-state index in [1.807, 2.05) is 6.07 Å². The highest BCUT2D eigenvalue weighted by Crippen LogP contribution is 2.33. The predicted molar refractivity (Wildman–Crippen MR) is 121 cm³/mol. The van der Waals surface area contributed by atoms with E-state index in [2.05, 4.69) is 40.5 Å². The van der Waals surface area contributed by atoms with E-state index in [4.69, 9.17) is 9.78 Å². The largest absolute Gasteiger partial charge is 0.356 e. The molecule has 1 saturated heterocycles. The Morgan fingerprint density at radius 3 is 2.74 bits per heavy atom. The Labute approximate surface area is 184 Å². The number of rotatable bonds is 7. The smallest absolute Gasteiger partial charge is 0.221 e. The molecule has 1 amide bonds. The van der Waals surface area contributed by atoms with Crippen LogP contribution in [0.1, 0.15) is 75.0 Å². The maximum Gasteiger partial charge on any atom is 0.221 e. The van der Waals surface area contributed by atoms with Gasteiger partial charge in [0.25, 0.3) is 0 Å². The highest BCUT2D eigenvalue weighted by atomic mass is 16.5. The van der Waals surface area contributed by atoms with E-state index in [9.17, 15) is 4.79 Å². The van der Waals surface area contributed by atoms with Gasteiger partial charge in [0.05, 0.1) is 11.8 Å². The van der Waals surface area contributed by atoms with Crippen molar-refractivity contribution in [1.82, 2.24) is 15.4 Å². The number of hydrogen-bond acceptors (Lipinski definition) is 5. The maximum absolute atomic E-state index is 11.8. The molecule has 6 nitrogen and oxygen atoms in total. The molecule has 1 aromatic heterocycles. The molecular formula is C25H34N4O2. The second kappa shape index (κ2) is 10.3. The molecular weight excluding hydrogens is 388 g/mol.